The van der Waals surface area contributed by atoms with Gasteiger partial charge in [-0.15, -0.1) is 0 Å². The van der Waals surface area contributed by atoms with Gasteiger partial charge in [-0.1, -0.05) is 47.6 Å². The molecule has 26 heavy (non-hydrogen) atoms. The topological polar surface area (TPSA) is 70.1 Å². The van der Waals surface area contributed by atoms with E-state index >= 15 is 0 Å². The molecule has 4 rings (SSSR count). The summed E-state index contributed by atoms with van der Waals surface area (Å²) in [6.07, 6.45) is 1.91. The molecule has 0 aliphatic carbocycles. The van der Waals surface area contributed by atoms with Crippen LogP contribution in [0.3, 0.4) is 0 Å². The van der Waals surface area contributed by atoms with E-state index in [-0.39, 0.29) is 17.6 Å². The Balaban J connectivity index is 1.62. The van der Waals surface area contributed by atoms with Gasteiger partial charge in [-0.3, -0.25) is 4.79 Å². The largest absolute Gasteiger partial charge is 0.355 e. The second-order valence-electron chi connectivity index (χ2n) is 6.30. The number of rotatable bonds is 3. The van der Waals surface area contributed by atoms with Gasteiger partial charge in [0.1, 0.15) is 0 Å². The molecule has 1 amide bonds. The zero-order valence-corrected chi connectivity index (χ0v) is 14.1. The van der Waals surface area contributed by atoms with Gasteiger partial charge in [-0.25, -0.2) is 0 Å². The maximum atomic E-state index is 13.0. The summed E-state index contributed by atoms with van der Waals surface area (Å²) in [6, 6.07) is 21.0. The third-order valence-corrected chi connectivity index (χ3v) is 4.74. The molecule has 0 unspecified atom stereocenters. The van der Waals surface area contributed by atoms with Crippen LogP contribution in [0.15, 0.2) is 65.2 Å². The summed E-state index contributed by atoms with van der Waals surface area (Å²) in [4.78, 5) is 14.8. The van der Waals surface area contributed by atoms with E-state index in [9.17, 15) is 10.1 Å². The van der Waals surface area contributed by atoms with Crippen molar-refractivity contribution >= 4 is 5.91 Å². The first-order valence-corrected chi connectivity index (χ1v) is 8.60. The third-order valence-electron chi connectivity index (χ3n) is 4.74. The van der Waals surface area contributed by atoms with Gasteiger partial charge in [0, 0.05) is 18.2 Å². The zero-order chi connectivity index (χ0) is 17.9. The molecule has 0 spiro atoms. The predicted molar refractivity (Wildman–Crippen MR) is 96.1 cm³/mol. The van der Waals surface area contributed by atoms with Crippen molar-refractivity contribution in [3.8, 4) is 17.4 Å². The first-order chi connectivity index (χ1) is 12.8. The van der Waals surface area contributed by atoms with Crippen LogP contribution >= 0.6 is 0 Å². The lowest BCUT2D eigenvalue weighted by molar-refractivity contribution is 0.0725. The lowest BCUT2D eigenvalue weighted by atomic mass is 10.0. The van der Waals surface area contributed by atoms with Crippen molar-refractivity contribution in [1.29, 1.82) is 5.26 Å². The summed E-state index contributed by atoms with van der Waals surface area (Å²) in [7, 11) is 0. The second kappa shape index (κ2) is 6.85. The molecular weight excluding hydrogens is 326 g/mol. The minimum atomic E-state index is -0.138. The maximum absolute atomic E-state index is 13.0. The standard InChI is InChI=1S/C21H17N3O2/c22-14-16-9-4-5-10-17(16)20-13-18(23-26-20)21(25)24-12-6-11-19(24)15-7-2-1-3-8-15/h1-5,7-10,13,19H,6,11-12H2/t19-/m0/s1. The summed E-state index contributed by atoms with van der Waals surface area (Å²) in [5, 5.41) is 13.2. The summed E-state index contributed by atoms with van der Waals surface area (Å²) >= 11 is 0. The number of amides is 1. The molecule has 0 bridgehead atoms. The van der Waals surface area contributed by atoms with Crippen LogP contribution in [-0.4, -0.2) is 22.5 Å². The van der Waals surface area contributed by atoms with Gasteiger partial charge in [0.15, 0.2) is 11.5 Å². The Morgan fingerprint density at radius 2 is 1.92 bits per heavy atom. The smallest absolute Gasteiger partial charge is 0.276 e. The summed E-state index contributed by atoms with van der Waals surface area (Å²) in [5.41, 5.74) is 2.54. The number of hydrogen-bond acceptors (Lipinski definition) is 4. The number of aromatic nitrogens is 1. The van der Waals surface area contributed by atoms with Gasteiger partial charge in [-0.2, -0.15) is 5.26 Å². The van der Waals surface area contributed by atoms with Crippen LogP contribution in [-0.2, 0) is 0 Å². The van der Waals surface area contributed by atoms with Crippen LogP contribution in [0.5, 0.6) is 0 Å². The predicted octanol–water partition coefficient (Wildman–Crippen LogP) is 4.19. The lowest BCUT2D eigenvalue weighted by Crippen LogP contribution is -2.30. The number of benzene rings is 2. The average Bonchev–Trinajstić information content (AvgIpc) is 3.38. The van der Waals surface area contributed by atoms with Crippen molar-refractivity contribution in [3.05, 3.63) is 77.5 Å². The highest BCUT2D eigenvalue weighted by atomic mass is 16.5. The first kappa shape index (κ1) is 16.1. The van der Waals surface area contributed by atoms with E-state index in [0.717, 1.165) is 18.4 Å². The van der Waals surface area contributed by atoms with Crippen molar-refractivity contribution in [1.82, 2.24) is 10.1 Å². The van der Waals surface area contributed by atoms with Gasteiger partial charge < -0.3 is 9.42 Å². The van der Waals surface area contributed by atoms with Crippen LogP contribution in [0.4, 0.5) is 0 Å². The third kappa shape index (κ3) is 2.86. The summed E-state index contributed by atoms with van der Waals surface area (Å²) < 4.78 is 5.37. The lowest BCUT2D eigenvalue weighted by Gasteiger charge is -2.24. The van der Waals surface area contributed by atoms with Gasteiger partial charge in [-0.05, 0) is 30.5 Å². The SMILES string of the molecule is N#Cc1ccccc1-c1cc(C(=O)N2CCC[C@H]2c2ccccc2)no1. The minimum Gasteiger partial charge on any atom is -0.355 e. The van der Waals surface area contributed by atoms with E-state index in [4.69, 9.17) is 4.52 Å². The molecule has 128 valence electrons. The minimum absolute atomic E-state index is 0.0650. The van der Waals surface area contributed by atoms with E-state index in [1.165, 1.54) is 0 Å². The fourth-order valence-electron chi connectivity index (χ4n) is 3.48. The van der Waals surface area contributed by atoms with E-state index in [1.54, 1.807) is 24.3 Å². The van der Waals surface area contributed by atoms with E-state index in [2.05, 4.69) is 11.2 Å². The van der Waals surface area contributed by atoms with Gasteiger partial charge in [0.25, 0.3) is 5.91 Å². The molecule has 1 aliphatic rings. The molecule has 1 saturated heterocycles. The Hall–Kier alpha value is -3.39. The molecule has 1 fully saturated rings. The van der Waals surface area contributed by atoms with Crippen LogP contribution in [0.1, 0.15) is 40.5 Å². The van der Waals surface area contributed by atoms with E-state index < -0.39 is 0 Å². The van der Waals surface area contributed by atoms with Gasteiger partial charge in [0.2, 0.25) is 0 Å². The Morgan fingerprint density at radius 1 is 1.15 bits per heavy atom. The monoisotopic (exact) mass is 343 g/mol. The molecule has 5 nitrogen and oxygen atoms in total. The number of carbonyl (C=O) groups excluding carboxylic acids is 1. The van der Waals surface area contributed by atoms with Crippen molar-refractivity contribution in [2.24, 2.45) is 0 Å². The number of nitriles is 1. The molecule has 1 atom stereocenters. The molecule has 0 N–H and O–H groups in total. The Labute approximate surface area is 151 Å². The molecule has 2 heterocycles. The molecule has 5 heteroatoms. The zero-order valence-electron chi connectivity index (χ0n) is 14.1. The fraction of sp³-hybridized carbons (Fsp3) is 0.190. The van der Waals surface area contributed by atoms with E-state index in [1.807, 2.05) is 41.3 Å². The number of hydrogen-bond donors (Lipinski definition) is 0. The normalized spacial score (nSPS) is 16.4. The highest BCUT2D eigenvalue weighted by molar-refractivity contribution is 5.93. The molecule has 3 aromatic rings. The fourth-order valence-corrected chi connectivity index (χ4v) is 3.48. The summed E-state index contributed by atoms with van der Waals surface area (Å²) in [6.45, 7) is 0.704. The Kier molecular flexibility index (Phi) is 4.24. The average molecular weight is 343 g/mol. The Bertz CT molecular complexity index is 972. The van der Waals surface area contributed by atoms with Crippen LogP contribution < -0.4 is 0 Å². The van der Waals surface area contributed by atoms with Crippen LogP contribution in [0, 0.1) is 11.3 Å². The van der Waals surface area contributed by atoms with Crippen molar-refractivity contribution in [2.75, 3.05) is 6.54 Å². The van der Waals surface area contributed by atoms with E-state index in [0.29, 0.717) is 23.4 Å². The van der Waals surface area contributed by atoms with Crippen LogP contribution in [0.2, 0.25) is 0 Å². The molecular formula is C21H17N3O2. The Morgan fingerprint density at radius 3 is 2.73 bits per heavy atom. The molecule has 0 saturated carbocycles. The van der Waals surface area contributed by atoms with Crippen LogP contribution in [0.25, 0.3) is 11.3 Å². The van der Waals surface area contributed by atoms with Crippen molar-refractivity contribution < 1.29 is 9.32 Å². The quantitative estimate of drug-likeness (QED) is 0.715. The molecule has 0 radical (unpaired) electrons. The molecule has 2 aromatic carbocycles. The number of nitrogens with zero attached hydrogens (tertiary/aromatic N) is 3. The second-order valence-corrected chi connectivity index (χ2v) is 6.30. The van der Waals surface area contributed by atoms with Crippen molar-refractivity contribution in [2.45, 2.75) is 18.9 Å². The highest BCUT2D eigenvalue weighted by Crippen LogP contribution is 2.33. The number of likely N-dealkylation sites (tertiary alicyclic amines) is 1. The number of carbonyl (C=O) groups is 1. The molecule has 1 aromatic heterocycles. The maximum Gasteiger partial charge on any atom is 0.276 e. The first-order valence-electron chi connectivity index (χ1n) is 8.60. The highest BCUT2D eigenvalue weighted by Gasteiger charge is 2.32. The van der Waals surface area contributed by atoms with Gasteiger partial charge in [0.05, 0.1) is 17.7 Å². The van der Waals surface area contributed by atoms with Gasteiger partial charge >= 0.3 is 0 Å². The van der Waals surface area contributed by atoms with Crippen molar-refractivity contribution in [3.63, 3.8) is 0 Å². The molecule has 1 aliphatic heterocycles. The summed E-state index contributed by atoms with van der Waals surface area (Å²) in [5.74, 6) is 0.293.